The molecule has 3 nitrogen and oxygen atoms in total. The van der Waals surface area contributed by atoms with Crippen LogP contribution in [0.3, 0.4) is 0 Å². The molecule has 114 valence electrons. The fourth-order valence-electron chi connectivity index (χ4n) is 3.16. The average Bonchev–Trinajstić information content (AvgIpc) is 2.42. The van der Waals surface area contributed by atoms with E-state index in [2.05, 4.69) is 57.3 Å². The first kappa shape index (κ1) is 15.9. The van der Waals surface area contributed by atoms with Gasteiger partial charge in [-0.3, -0.25) is 5.32 Å². The van der Waals surface area contributed by atoms with Crippen LogP contribution in [0.25, 0.3) is 0 Å². The zero-order valence-electron chi connectivity index (χ0n) is 13.6. The lowest BCUT2D eigenvalue weighted by Crippen LogP contribution is -2.52. The lowest BCUT2D eigenvalue weighted by atomic mass is 9.80. The minimum absolute atomic E-state index is 0.116. The number of nitriles is 1. The predicted octanol–water partition coefficient (Wildman–Crippen LogP) is 3.89. The molecule has 1 aromatic rings. The Kier molecular flexibility index (Phi) is 4.90. The maximum absolute atomic E-state index is 9.60. The van der Waals surface area contributed by atoms with Gasteiger partial charge in [-0.1, -0.05) is 12.1 Å². The summed E-state index contributed by atoms with van der Waals surface area (Å²) in [6.45, 7) is 8.33. The Morgan fingerprint density at radius 2 is 2.14 bits per heavy atom. The third-order valence-electron chi connectivity index (χ3n) is 4.12. The first-order valence-electron chi connectivity index (χ1n) is 7.87. The van der Waals surface area contributed by atoms with Gasteiger partial charge in [0.2, 0.25) is 0 Å². The summed E-state index contributed by atoms with van der Waals surface area (Å²) in [5.74, 6) is 0.957. The van der Waals surface area contributed by atoms with Gasteiger partial charge in [-0.25, -0.2) is 0 Å². The van der Waals surface area contributed by atoms with Crippen LogP contribution in [0.1, 0.15) is 50.7 Å². The molecule has 0 aromatic heterocycles. The molecule has 21 heavy (non-hydrogen) atoms. The van der Waals surface area contributed by atoms with Crippen molar-refractivity contribution in [3.05, 3.63) is 29.3 Å². The van der Waals surface area contributed by atoms with Crippen molar-refractivity contribution in [3.8, 4) is 11.8 Å². The Hall–Kier alpha value is -1.53. The zero-order chi connectivity index (χ0) is 15.5. The van der Waals surface area contributed by atoms with Gasteiger partial charge in [-0.15, -0.1) is 0 Å². The molecule has 1 aromatic carbocycles. The second kappa shape index (κ2) is 6.49. The van der Waals surface area contributed by atoms with Gasteiger partial charge in [-0.2, -0.15) is 5.26 Å². The highest BCUT2D eigenvalue weighted by Crippen LogP contribution is 2.32. The molecule has 0 spiro atoms. The van der Waals surface area contributed by atoms with Crippen LogP contribution >= 0.6 is 0 Å². The summed E-state index contributed by atoms with van der Waals surface area (Å²) in [5.41, 5.74) is 1.93. The van der Waals surface area contributed by atoms with Crippen LogP contribution in [0.5, 0.6) is 5.75 Å². The number of nitrogens with zero attached hydrogens (tertiary/aromatic N) is 1. The number of benzene rings is 1. The Labute approximate surface area is 128 Å². The summed E-state index contributed by atoms with van der Waals surface area (Å²) >= 11 is 0. The monoisotopic (exact) mass is 286 g/mol. The fraction of sp³-hybridized carbons (Fsp3) is 0.611. The summed E-state index contributed by atoms with van der Waals surface area (Å²) in [7, 11) is 0. The molecule has 0 heterocycles. The van der Waals surface area contributed by atoms with Gasteiger partial charge in [0.1, 0.15) is 17.4 Å². The Morgan fingerprint density at radius 3 is 2.81 bits per heavy atom. The smallest absolute Gasteiger partial charge is 0.122 e. The molecule has 3 heteroatoms. The number of aryl methyl sites for hydroxylation is 2. The molecule has 2 atom stereocenters. The lowest BCUT2D eigenvalue weighted by molar-refractivity contribution is 0.108. The van der Waals surface area contributed by atoms with E-state index >= 15 is 0 Å². The van der Waals surface area contributed by atoms with Gasteiger partial charge < -0.3 is 4.74 Å². The van der Waals surface area contributed by atoms with E-state index in [1.165, 1.54) is 5.56 Å². The maximum atomic E-state index is 9.60. The molecule has 1 aliphatic rings. The molecule has 2 rings (SSSR count). The van der Waals surface area contributed by atoms with Crippen molar-refractivity contribution in [2.75, 3.05) is 0 Å². The number of hydrogen-bond donors (Lipinski definition) is 1. The quantitative estimate of drug-likeness (QED) is 0.913. The van der Waals surface area contributed by atoms with E-state index in [1.807, 2.05) is 0 Å². The van der Waals surface area contributed by atoms with E-state index in [9.17, 15) is 5.26 Å². The van der Waals surface area contributed by atoms with Crippen LogP contribution in [-0.4, -0.2) is 17.7 Å². The van der Waals surface area contributed by atoms with Crippen molar-refractivity contribution in [2.45, 2.75) is 71.1 Å². The average molecular weight is 286 g/mol. The van der Waals surface area contributed by atoms with Crippen LogP contribution in [-0.2, 0) is 0 Å². The highest BCUT2D eigenvalue weighted by molar-refractivity contribution is 5.36. The maximum Gasteiger partial charge on any atom is 0.122 e. The van der Waals surface area contributed by atoms with Crippen LogP contribution in [0.2, 0.25) is 0 Å². The molecule has 1 aliphatic carbocycles. The molecular weight excluding hydrogens is 260 g/mol. The van der Waals surface area contributed by atoms with Crippen molar-refractivity contribution in [3.63, 3.8) is 0 Å². The molecule has 0 saturated heterocycles. The molecule has 1 N–H and O–H groups in total. The number of rotatable bonds is 4. The van der Waals surface area contributed by atoms with E-state index in [4.69, 9.17) is 4.74 Å². The van der Waals surface area contributed by atoms with E-state index in [0.29, 0.717) is 6.04 Å². The molecule has 0 aliphatic heterocycles. The van der Waals surface area contributed by atoms with Crippen molar-refractivity contribution in [1.82, 2.24) is 5.32 Å². The van der Waals surface area contributed by atoms with Gasteiger partial charge in [0.05, 0.1) is 6.07 Å². The van der Waals surface area contributed by atoms with E-state index in [1.54, 1.807) is 0 Å². The molecule has 0 amide bonds. The second-order valence-corrected chi connectivity index (χ2v) is 6.60. The second-order valence-electron chi connectivity index (χ2n) is 6.60. The first-order chi connectivity index (χ1) is 9.94. The van der Waals surface area contributed by atoms with Gasteiger partial charge in [-0.05, 0) is 64.2 Å². The number of nitrogens with one attached hydrogen (secondary N) is 1. The summed E-state index contributed by atoms with van der Waals surface area (Å²) in [6, 6.07) is 9.09. The molecule has 1 saturated carbocycles. The predicted molar refractivity (Wildman–Crippen MR) is 85.4 cm³/mol. The molecule has 0 radical (unpaired) electrons. The van der Waals surface area contributed by atoms with E-state index in [0.717, 1.165) is 37.0 Å². The van der Waals surface area contributed by atoms with Gasteiger partial charge in [0, 0.05) is 12.5 Å². The summed E-state index contributed by atoms with van der Waals surface area (Å²) < 4.78 is 6.21. The highest BCUT2D eigenvalue weighted by atomic mass is 16.5. The summed E-state index contributed by atoms with van der Waals surface area (Å²) in [5, 5.41) is 13.1. The minimum atomic E-state index is -0.436. The van der Waals surface area contributed by atoms with Crippen molar-refractivity contribution < 1.29 is 4.74 Å². The van der Waals surface area contributed by atoms with Crippen molar-refractivity contribution in [1.29, 1.82) is 5.26 Å². The van der Waals surface area contributed by atoms with Crippen LogP contribution in [0.4, 0.5) is 0 Å². The summed E-state index contributed by atoms with van der Waals surface area (Å²) in [4.78, 5) is 0. The van der Waals surface area contributed by atoms with Gasteiger partial charge >= 0.3 is 0 Å². The van der Waals surface area contributed by atoms with Gasteiger partial charge in [0.25, 0.3) is 0 Å². The van der Waals surface area contributed by atoms with Crippen molar-refractivity contribution >= 4 is 0 Å². The third-order valence-corrected chi connectivity index (χ3v) is 4.12. The van der Waals surface area contributed by atoms with Crippen molar-refractivity contribution in [2.24, 2.45) is 0 Å². The van der Waals surface area contributed by atoms with Crippen LogP contribution in [0, 0.1) is 25.2 Å². The first-order valence-corrected chi connectivity index (χ1v) is 7.87. The minimum Gasteiger partial charge on any atom is -0.490 e. The normalized spacial score (nSPS) is 25.6. The van der Waals surface area contributed by atoms with Crippen LogP contribution < -0.4 is 10.1 Å². The molecule has 2 unspecified atom stereocenters. The Morgan fingerprint density at radius 1 is 1.38 bits per heavy atom. The molecule has 1 fully saturated rings. The van der Waals surface area contributed by atoms with Gasteiger partial charge in [0.15, 0.2) is 0 Å². The highest BCUT2D eigenvalue weighted by Gasteiger charge is 2.38. The van der Waals surface area contributed by atoms with E-state index in [-0.39, 0.29) is 6.10 Å². The topological polar surface area (TPSA) is 45.0 Å². The Balaban J connectivity index is 2.11. The van der Waals surface area contributed by atoms with E-state index < -0.39 is 5.54 Å². The lowest BCUT2D eigenvalue weighted by Gasteiger charge is -2.38. The number of ether oxygens (including phenoxy) is 1. The molecule has 0 bridgehead atoms. The SMILES string of the molecule is Cc1ccc(C)c(OC2CCCC(C#N)(NC(C)C)C2)c1. The zero-order valence-corrected chi connectivity index (χ0v) is 13.6. The fourth-order valence-corrected chi connectivity index (χ4v) is 3.16. The number of hydrogen-bond acceptors (Lipinski definition) is 3. The third kappa shape index (κ3) is 3.98. The summed E-state index contributed by atoms with van der Waals surface area (Å²) in [6.07, 6.45) is 3.84. The largest absolute Gasteiger partial charge is 0.490 e. The van der Waals surface area contributed by atoms with Crippen LogP contribution in [0.15, 0.2) is 18.2 Å². The Bertz CT molecular complexity index is 533. The molecular formula is C18H26N2O. The standard InChI is InChI=1S/C18H26N2O/c1-13(2)20-18(12-19)9-5-6-16(11-18)21-17-10-14(3)7-8-15(17)4/h7-8,10,13,16,20H,5-6,9,11H2,1-4H3.